The molecule has 1 fully saturated rings. The average Bonchev–Trinajstić information content (AvgIpc) is 2.39. The second kappa shape index (κ2) is 8.28. The number of benzene rings is 1. The maximum absolute atomic E-state index is 5.88. The van der Waals surface area contributed by atoms with Crippen molar-refractivity contribution in [3.05, 3.63) is 29.3 Å². The Labute approximate surface area is 131 Å². The molecule has 20 heavy (non-hydrogen) atoms. The molecular weight excluding hydrogens is 290 g/mol. The highest BCUT2D eigenvalue weighted by atomic mass is 35.5. The molecule has 3 atom stereocenters. The molecule has 1 unspecified atom stereocenters. The van der Waals surface area contributed by atoms with Crippen molar-refractivity contribution in [1.29, 1.82) is 0 Å². The van der Waals surface area contributed by atoms with E-state index in [4.69, 9.17) is 16.3 Å². The molecule has 0 aliphatic carbocycles. The summed E-state index contributed by atoms with van der Waals surface area (Å²) < 4.78 is 5.78. The van der Waals surface area contributed by atoms with Gasteiger partial charge in [0, 0.05) is 9.92 Å². The molecule has 0 radical (unpaired) electrons. The monoisotopic (exact) mass is 314 g/mol. The van der Waals surface area contributed by atoms with E-state index in [2.05, 4.69) is 26.0 Å². The van der Waals surface area contributed by atoms with Gasteiger partial charge in [0.05, 0.1) is 6.54 Å². The van der Waals surface area contributed by atoms with Gasteiger partial charge in [0.1, 0.15) is 25.3 Å². The number of morpholine rings is 1. The fourth-order valence-corrected chi connectivity index (χ4v) is 3.83. The lowest BCUT2D eigenvalue weighted by Crippen LogP contribution is -3.15. The summed E-state index contributed by atoms with van der Waals surface area (Å²) in [7, 11) is 0. The molecule has 0 amide bonds. The van der Waals surface area contributed by atoms with E-state index in [1.54, 1.807) is 4.90 Å². The van der Waals surface area contributed by atoms with Crippen LogP contribution >= 0.6 is 23.4 Å². The van der Waals surface area contributed by atoms with Crippen LogP contribution in [0.5, 0.6) is 0 Å². The second-order valence-corrected chi connectivity index (χ2v) is 7.28. The van der Waals surface area contributed by atoms with Crippen LogP contribution in [0.15, 0.2) is 29.2 Å². The van der Waals surface area contributed by atoms with Crippen LogP contribution < -0.4 is 4.90 Å². The predicted octanol–water partition coefficient (Wildman–Crippen LogP) is 2.90. The summed E-state index contributed by atoms with van der Waals surface area (Å²) in [6, 6.07) is 8.13. The molecule has 2 rings (SSSR count). The smallest absolute Gasteiger partial charge is 0.104 e. The van der Waals surface area contributed by atoms with Gasteiger partial charge in [0.15, 0.2) is 0 Å². The Balaban J connectivity index is 1.58. The number of hydrogen-bond donors (Lipinski definition) is 1. The summed E-state index contributed by atoms with van der Waals surface area (Å²) in [5.74, 6) is 1.19. The van der Waals surface area contributed by atoms with Crippen molar-refractivity contribution in [2.24, 2.45) is 0 Å². The number of rotatable bonds is 6. The highest BCUT2D eigenvalue weighted by Crippen LogP contribution is 2.21. The third kappa shape index (κ3) is 5.65. The van der Waals surface area contributed by atoms with Crippen molar-refractivity contribution in [2.75, 3.05) is 25.4 Å². The molecule has 1 N–H and O–H groups in total. The van der Waals surface area contributed by atoms with E-state index in [9.17, 15) is 0 Å². The zero-order valence-electron chi connectivity index (χ0n) is 12.4. The van der Waals surface area contributed by atoms with E-state index in [0.29, 0.717) is 12.2 Å². The van der Waals surface area contributed by atoms with E-state index < -0.39 is 0 Å². The minimum absolute atomic E-state index is 0.414. The van der Waals surface area contributed by atoms with Gasteiger partial charge >= 0.3 is 0 Å². The number of ether oxygens (including phenoxy) is 1. The Morgan fingerprint density at radius 2 is 1.80 bits per heavy atom. The normalized spacial score (nSPS) is 26.6. The molecule has 0 aromatic heterocycles. The molecule has 0 spiro atoms. The molecule has 1 saturated heterocycles. The number of unbranched alkanes of at least 4 members (excludes halogenated alkanes) is 1. The first-order chi connectivity index (χ1) is 9.63. The highest BCUT2D eigenvalue weighted by molar-refractivity contribution is 7.99. The van der Waals surface area contributed by atoms with Crippen LogP contribution in [-0.4, -0.2) is 37.6 Å². The van der Waals surface area contributed by atoms with Crippen LogP contribution in [0, 0.1) is 0 Å². The van der Waals surface area contributed by atoms with Gasteiger partial charge in [0.2, 0.25) is 0 Å². The van der Waals surface area contributed by atoms with Gasteiger partial charge in [0.25, 0.3) is 0 Å². The minimum atomic E-state index is 0.414. The van der Waals surface area contributed by atoms with E-state index in [1.165, 1.54) is 30.0 Å². The molecule has 1 heterocycles. The summed E-state index contributed by atoms with van der Waals surface area (Å²) in [4.78, 5) is 3.02. The second-order valence-electron chi connectivity index (χ2n) is 5.68. The third-order valence-corrected chi connectivity index (χ3v) is 4.97. The average molecular weight is 315 g/mol. The quantitative estimate of drug-likeness (QED) is 0.641. The van der Waals surface area contributed by atoms with Gasteiger partial charge in [-0.15, -0.1) is 11.8 Å². The zero-order valence-corrected chi connectivity index (χ0v) is 14.0. The van der Waals surface area contributed by atoms with Crippen LogP contribution in [0.25, 0.3) is 0 Å². The van der Waals surface area contributed by atoms with Crippen molar-refractivity contribution in [3.8, 4) is 0 Å². The van der Waals surface area contributed by atoms with Crippen molar-refractivity contribution < 1.29 is 9.64 Å². The maximum Gasteiger partial charge on any atom is 0.104 e. The summed E-state index contributed by atoms with van der Waals surface area (Å²) in [6.07, 6.45) is 3.41. The zero-order chi connectivity index (χ0) is 14.4. The van der Waals surface area contributed by atoms with Crippen molar-refractivity contribution in [2.45, 2.75) is 43.8 Å². The van der Waals surface area contributed by atoms with Crippen LogP contribution in [0.3, 0.4) is 0 Å². The van der Waals surface area contributed by atoms with Crippen LogP contribution in [-0.2, 0) is 4.74 Å². The SMILES string of the molecule is C[C@@H]1C[NH+](CCCCSc2ccc(Cl)cc2)C[C@H](C)O1. The molecule has 2 nitrogen and oxygen atoms in total. The van der Waals surface area contributed by atoms with Crippen molar-refractivity contribution >= 4 is 23.4 Å². The predicted molar refractivity (Wildman–Crippen MR) is 87.0 cm³/mol. The molecule has 1 aromatic rings. The lowest BCUT2D eigenvalue weighted by molar-refractivity contribution is -0.915. The Bertz CT molecular complexity index is 388. The van der Waals surface area contributed by atoms with Crippen LogP contribution in [0.2, 0.25) is 5.02 Å². The van der Waals surface area contributed by atoms with Gasteiger partial charge in [-0.2, -0.15) is 0 Å². The summed E-state index contributed by atoms with van der Waals surface area (Å²) >= 11 is 7.81. The van der Waals surface area contributed by atoms with Crippen molar-refractivity contribution in [1.82, 2.24) is 0 Å². The Morgan fingerprint density at radius 3 is 2.45 bits per heavy atom. The first-order valence-electron chi connectivity index (χ1n) is 7.51. The lowest BCUT2D eigenvalue weighted by atomic mass is 10.2. The van der Waals surface area contributed by atoms with Crippen LogP contribution in [0.4, 0.5) is 0 Å². The van der Waals surface area contributed by atoms with E-state index in [-0.39, 0.29) is 0 Å². The molecule has 0 saturated carbocycles. The first-order valence-corrected chi connectivity index (χ1v) is 8.87. The Morgan fingerprint density at radius 1 is 1.15 bits per heavy atom. The standard InChI is InChI=1S/C16H24ClNOS/c1-13-11-18(12-14(2)19-13)9-3-4-10-20-16-7-5-15(17)6-8-16/h5-8,13-14H,3-4,9-12H2,1-2H3/p+1/t13-,14+. The molecule has 1 aromatic carbocycles. The number of thioether (sulfide) groups is 1. The number of hydrogen-bond acceptors (Lipinski definition) is 2. The Hall–Kier alpha value is -0.220. The third-order valence-electron chi connectivity index (χ3n) is 3.62. The highest BCUT2D eigenvalue weighted by Gasteiger charge is 2.24. The van der Waals surface area contributed by atoms with Crippen LogP contribution in [0.1, 0.15) is 26.7 Å². The fourth-order valence-electron chi connectivity index (χ4n) is 2.79. The molecule has 4 heteroatoms. The molecule has 0 bridgehead atoms. The molecule has 1 aliphatic heterocycles. The maximum atomic E-state index is 5.88. The summed E-state index contributed by atoms with van der Waals surface area (Å²) in [6.45, 7) is 7.97. The van der Waals surface area contributed by atoms with E-state index in [1.807, 2.05) is 23.9 Å². The van der Waals surface area contributed by atoms with E-state index in [0.717, 1.165) is 18.1 Å². The first kappa shape index (κ1) is 16.2. The number of quaternary nitrogens is 1. The van der Waals surface area contributed by atoms with Gasteiger partial charge < -0.3 is 9.64 Å². The topological polar surface area (TPSA) is 13.7 Å². The van der Waals surface area contributed by atoms with E-state index >= 15 is 0 Å². The fraction of sp³-hybridized carbons (Fsp3) is 0.625. The lowest BCUT2D eigenvalue weighted by Gasteiger charge is -2.32. The largest absolute Gasteiger partial charge is 0.364 e. The minimum Gasteiger partial charge on any atom is -0.364 e. The molecule has 1 aliphatic rings. The summed E-state index contributed by atoms with van der Waals surface area (Å²) in [5.41, 5.74) is 0. The van der Waals surface area contributed by atoms with Gasteiger partial charge in [-0.3, -0.25) is 0 Å². The van der Waals surface area contributed by atoms with Gasteiger partial charge in [-0.25, -0.2) is 0 Å². The van der Waals surface area contributed by atoms with Crippen molar-refractivity contribution in [3.63, 3.8) is 0 Å². The number of nitrogens with one attached hydrogen (secondary N) is 1. The van der Waals surface area contributed by atoms with Gasteiger partial charge in [-0.1, -0.05) is 11.6 Å². The summed E-state index contributed by atoms with van der Waals surface area (Å²) in [5, 5.41) is 0.813. The molecular formula is C16H25ClNOS+. The Kier molecular flexibility index (Phi) is 6.69. The van der Waals surface area contributed by atoms with Gasteiger partial charge in [-0.05, 0) is 56.7 Å². The molecule has 112 valence electrons. The number of halogens is 1.